The second-order valence-corrected chi connectivity index (χ2v) is 7.01. The van der Waals surface area contributed by atoms with E-state index in [4.69, 9.17) is 9.97 Å². The fourth-order valence-corrected chi connectivity index (χ4v) is 3.77. The van der Waals surface area contributed by atoms with E-state index in [0.717, 1.165) is 48.6 Å². The lowest BCUT2D eigenvalue weighted by Crippen LogP contribution is -2.46. The van der Waals surface area contributed by atoms with Crippen LogP contribution < -0.4 is 10.7 Å². The van der Waals surface area contributed by atoms with Crippen molar-refractivity contribution in [2.75, 3.05) is 11.4 Å². The molecule has 7 nitrogen and oxygen atoms in total. The van der Waals surface area contributed by atoms with Crippen LogP contribution in [0.25, 0.3) is 22.6 Å². The van der Waals surface area contributed by atoms with E-state index in [1.165, 1.54) is 17.7 Å². The van der Waals surface area contributed by atoms with Gasteiger partial charge in [-0.25, -0.2) is 14.8 Å². The quantitative estimate of drug-likeness (QED) is 0.782. The number of nitrogens with one attached hydrogen (secondary N) is 1. The number of fused-ring (bicyclic) bond motifs is 1. The second kappa shape index (κ2) is 5.79. The van der Waals surface area contributed by atoms with Crippen LogP contribution in [-0.2, 0) is 12.8 Å². The number of aryl methyl sites for hydroxylation is 1. The van der Waals surface area contributed by atoms with E-state index in [2.05, 4.69) is 26.5 Å². The summed E-state index contributed by atoms with van der Waals surface area (Å²) in [6.07, 6.45) is 4.32. The van der Waals surface area contributed by atoms with Crippen molar-refractivity contribution in [2.24, 2.45) is 0 Å². The summed E-state index contributed by atoms with van der Waals surface area (Å²) in [4.78, 5) is 25.9. The van der Waals surface area contributed by atoms with Crippen LogP contribution in [0.3, 0.4) is 0 Å². The molecule has 1 aromatic carbocycles. The van der Waals surface area contributed by atoms with E-state index in [-0.39, 0.29) is 0 Å². The highest BCUT2D eigenvalue weighted by atomic mass is 16.5. The molecular formula is C19H19N5O2. The first-order chi connectivity index (χ1) is 12.7. The van der Waals surface area contributed by atoms with Crippen molar-refractivity contribution in [3.05, 3.63) is 46.1 Å². The highest BCUT2D eigenvalue weighted by Gasteiger charge is 2.29. The third-order valence-corrected chi connectivity index (χ3v) is 5.35. The molecule has 0 radical (unpaired) electrons. The Kier molecular flexibility index (Phi) is 3.41. The topological polar surface area (TPSA) is 87.9 Å². The highest BCUT2D eigenvalue weighted by molar-refractivity contribution is 5.71. The third kappa shape index (κ3) is 2.42. The van der Waals surface area contributed by atoms with Crippen molar-refractivity contribution >= 4 is 5.95 Å². The fraction of sp³-hybridized carbons (Fsp3) is 0.368. The number of hydrogen-bond donors (Lipinski definition) is 1. The largest absolute Gasteiger partial charge is 0.439 e. The Labute approximate surface area is 150 Å². The zero-order valence-electron chi connectivity index (χ0n) is 14.5. The summed E-state index contributed by atoms with van der Waals surface area (Å²) in [5.74, 6) is 0.709. The van der Waals surface area contributed by atoms with Crippen molar-refractivity contribution < 1.29 is 4.52 Å². The number of H-pyrrole nitrogens is 1. The van der Waals surface area contributed by atoms with Crippen LogP contribution in [0.4, 0.5) is 5.95 Å². The van der Waals surface area contributed by atoms with E-state index in [1.54, 1.807) is 0 Å². The number of aromatic amines is 1. The van der Waals surface area contributed by atoms with E-state index in [9.17, 15) is 4.79 Å². The van der Waals surface area contributed by atoms with Gasteiger partial charge < -0.3 is 4.90 Å². The predicted molar refractivity (Wildman–Crippen MR) is 97.0 cm³/mol. The number of aromatic nitrogens is 4. The Morgan fingerprint density at radius 3 is 2.85 bits per heavy atom. The smallest absolute Gasteiger partial charge is 0.338 e. The van der Waals surface area contributed by atoms with Crippen molar-refractivity contribution in [3.63, 3.8) is 0 Å². The predicted octanol–water partition coefficient (Wildman–Crippen LogP) is 2.57. The Bertz CT molecular complexity index is 1040. The molecule has 26 heavy (non-hydrogen) atoms. The van der Waals surface area contributed by atoms with Crippen molar-refractivity contribution in [2.45, 2.75) is 38.6 Å². The van der Waals surface area contributed by atoms with Gasteiger partial charge in [-0.1, -0.05) is 23.4 Å². The third-order valence-electron chi connectivity index (χ3n) is 5.35. The maximum Gasteiger partial charge on any atom is 0.439 e. The molecule has 7 heteroatoms. The first-order valence-electron chi connectivity index (χ1n) is 9.02. The van der Waals surface area contributed by atoms with Gasteiger partial charge in [0.05, 0.1) is 5.69 Å². The highest BCUT2D eigenvalue weighted by Crippen LogP contribution is 2.34. The molecule has 0 amide bonds. The second-order valence-electron chi connectivity index (χ2n) is 7.01. The van der Waals surface area contributed by atoms with Gasteiger partial charge in [-0.05, 0) is 38.7 Å². The molecule has 1 fully saturated rings. The zero-order chi connectivity index (χ0) is 17.7. The molecule has 0 spiro atoms. The SMILES string of the molecule is C[C@H]1CCN1c1nc2c(c(-c3cccc(-c4noc(=O)[nH]4)c3)n1)CCC2. The van der Waals surface area contributed by atoms with Crippen LogP contribution in [0.2, 0.25) is 0 Å². The Morgan fingerprint density at radius 2 is 2.12 bits per heavy atom. The van der Waals surface area contributed by atoms with E-state index in [1.807, 2.05) is 24.3 Å². The van der Waals surface area contributed by atoms with Gasteiger partial charge in [0.15, 0.2) is 5.82 Å². The molecule has 1 aliphatic carbocycles. The minimum absolute atomic E-state index is 0.430. The van der Waals surface area contributed by atoms with Crippen molar-refractivity contribution in [1.29, 1.82) is 0 Å². The van der Waals surface area contributed by atoms with Crippen molar-refractivity contribution in [1.82, 2.24) is 20.1 Å². The van der Waals surface area contributed by atoms with Gasteiger partial charge in [-0.3, -0.25) is 9.51 Å². The first-order valence-corrected chi connectivity index (χ1v) is 9.02. The number of nitrogens with zero attached hydrogens (tertiary/aromatic N) is 4. The number of benzene rings is 1. The van der Waals surface area contributed by atoms with Crippen LogP contribution in [0.5, 0.6) is 0 Å². The molecule has 0 bridgehead atoms. The average Bonchev–Trinajstić information content (AvgIpc) is 3.28. The standard InChI is InChI=1S/C19H19N5O2/c1-11-8-9-24(11)18-20-15-7-3-6-14(15)16(21-18)12-4-2-5-13(10-12)17-22-19(25)26-23-17/h2,4-5,10-11H,3,6-9H2,1H3,(H,22,23,25)/t11-/m0/s1. The summed E-state index contributed by atoms with van der Waals surface area (Å²) in [5.41, 5.74) is 5.23. The lowest BCUT2D eigenvalue weighted by Gasteiger charge is -2.39. The summed E-state index contributed by atoms with van der Waals surface area (Å²) < 4.78 is 4.63. The van der Waals surface area contributed by atoms with Gasteiger partial charge in [0.1, 0.15) is 0 Å². The molecule has 3 aromatic rings. The molecule has 1 saturated heterocycles. The van der Waals surface area contributed by atoms with Gasteiger partial charge in [-0.15, -0.1) is 0 Å². The van der Waals surface area contributed by atoms with Gasteiger partial charge in [0.25, 0.3) is 0 Å². The number of anilines is 1. The Morgan fingerprint density at radius 1 is 1.23 bits per heavy atom. The maximum atomic E-state index is 11.3. The molecule has 5 rings (SSSR count). The van der Waals surface area contributed by atoms with Gasteiger partial charge in [0, 0.05) is 35.0 Å². The van der Waals surface area contributed by atoms with Crippen LogP contribution in [-0.4, -0.2) is 32.7 Å². The molecule has 1 atom stereocenters. The minimum atomic E-state index is -0.553. The monoisotopic (exact) mass is 349 g/mol. The number of rotatable bonds is 3. The maximum absolute atomic E-state index is 11.3. The molecule has 0 saturated carbocycles. The van der Waals surface area contributed by atoms with Crippen LogP contribution >= 0.6 is 0 Å². The summed E-state index contributed by atoms with van der Waals surface area (Å²) >= 11 is 0. The average molecular weight is 349 g/mol. The summed E-state index contributed by atoms with van der Waals surface area (Å²) in [7, 11) is 0. The molecule has 2 aliphatic rings. The molecule has 0 unspecified atom stereocenters. The lowest BCUT2D eigenvalue weighted by molar-refractivity contribution is 0.388. The van der Waals surface area contributed by atoms with E-state index >= 15 is 0 Å². The number of hydrogen-bond acceptors (Lipinski definition) is 6. The summed E-state index contributed by atoms with van der Waals surface area (Å²) in [6, 6.07) is 8.39. The summed E-state index contributed by atoms with van der Waals surface area (Å²) in [6.45, 7) is 3.22. The first kappa shape index (κ1) is 15.3. The normalized spacial score (nSPS) is 18.7. The van der Waals surface area contributed by atoms with Crippen LogP contribution in [0.1, 0.15) is 31.0 Å². The minimum Gasteiger partial charge on any atom is -0.338 e. The van der Waals surface area contributed by atoms with Crippen molar-refractivity contribution in [3.8, 4) is 22.6 Å². The van der Waals surface area contributed by atoms with Crippen LogP contribution in [0, 0.1) is 0 Å². The van der Waals surface area contributed by atoms with Gasteiger partial charge in [0.2, 0.25) is 5.95 Å². The molecule has 2 aromatic heterocycles. The van der Waals surface area contributed by atoms with Gasteiger partial charge in [-0.2, -0.15) is 0 Å². The molecule has 1 aliphatic heterocycles. The van der Waals surface area contributed by atoms with E-state index in [0.29, 0.717) is 11.9 Å². The summed E-state index contributed by atoms with van der Waals surface area (Å²) in [5, 5.41) is 3.79. The zero-order valence-corrected chi connectivity index (χ0v) is 14.5. The molecule has 3 heterocycles. The lowest BCUT2D eigenvalue weighted by atomic mass is 10.0. The molecule has 1 N–H and O–H groups in total. The molecule has 132 valence electrons. The Hall–Kier alpha value is -2.96. The van der Waals surface area contributed by atoms with Gasteiger partial charge >= 0.3 is 5.76 Å². The molecular weight excluding hydrogens is 330 g/mol. The fourth-order valence-electron chi connectivity index (χ4n) is 3.77. The van der Waals surface area contributed by atoms with E-state index < -0.39 is 5.76 Å². The Balaban J connectivity index is 1.62. The van der Waals surface area contributed by atoms with Crippen LogP contribution in [0.15, 0.2) is 33.6 Å².